The van der Waals surface area contributed by atoms with E-state index in [4.69, 9.17) is 9.47 Å². The number of carbonyl (C=O) groups is 1. The molecule has 0 aliphatic carbocycles. The van der Waals surface area contributed by atoms with E-state index in [0.29, 0.717) is 35.9 Å². The number of fused-ring (bicyclic) bond motifs is 1. The Hall–Kier alpha value is -4.33. The predicted molar refractivity (Wildman–Crippen MR) is 127 cm³/mol. The summed E-state index contributed by atoms with van der Waals surface area (Å²) in [5.74, 6) is 0.701. The lowest BCUT2D eigenvalue weighted by molar-refractivity contribution is 0.0867. The minimum atomic E-state index is -0.410. The van der Waals surface area contributed by atoms with E-state index < -0.39 is 6.09 Å². The Balaban J connectivity index is 1.50. The van der Waals surface area contributed by atoms with Crippen molar-refractivity contribution in [2.45, 2.75) is 19.7 Å². The maximum atomic E-state index is 13.5. The highest BCUT2D eigenvalue weighted by Crippen LogP contribution is 2.28. The summed E-state index contributed by atoms with van der Waals surface area (Å²) in [6.07, 6.45) is 1.28. The third kappa shape index (κ3) is 4.05. The van der Waals surface area contributed by atoms with Crippen molar-refractivity contribution in [1.82, 2.24) is 19.0 Å². The van der Waals surface area contributed by atoms with Crippen molar-refractivity contribution in [2.24, 2.45) is 0 Å². The number of nitrogens with zero attached hydrogens (tertiary/aromatic N) is 4. The van der Waals surface area contributed by atoms with Crippen molar-refractivity contribution in [3.05, 3.63) is 101 Å². The molecule has 0 saturated heterocycles. The van der Waals surface area contributed by atoms with Crippen LogP contribution >= 0.6 is 0 Å². The standard InChI is InChI=1S/C26H24N4O4/c1-33-21-12-10-20(11-13-21)30-24(22-9-5-6-14-27-22)23-17-28(15-16-29(23)25(30)31)26(32)34-18-19-7-3-2-4-8-19/h2-14H,15-18H2,1H3. The van der Waals surface area contributed by atoms with Gasteiger partial charge in [0.1, 0.15) is 12.4 Å². The van der Waals surface area contributed by atoms with Crippen LogP contribution in [0.25, 0.3) is 17.1 Å². The number of benzene rings is 2. The molecule has 0 spiro atoms. The first-order valence-electron chi connectivity index (χ1n) is 11.0. The van der Waals surface area contributed by atoms with Gasteiger partial charge in [0.15, 0.2) is 0 Å². The minimum Gasteiger partial charge on any atom is -0.497 e. The summed E-state index contributed by atoms with van der Waals surface area (Å²) in [7, 11) is 1.60. The first-order chi connectivity index (χ1) is 16.7. The smallest absolute Gasteiger partial charge is 0.410 e. The molecule has 5 rings (SSSR count). The molecule has 1 aliphatic rings. The quantitative estimate of drug-likeness (QED) is 0.456. The van der Waals surface area contributed by atoms with Crippen LogP contribution in [0, 0.1) is 0 Å². The number of rotatable bonds is 5. The Morgan fingerprint density at radius 2 is 1.74 bits per heavy atom. The molecule has 0 atom stereocenters. The molecule has 2 aromatic heterocycles. The number of hydrogen-bond donors (Lipinski definition) is 0. The number of ether oxygens (including phenoxy) is 2. The average molecular weight is 457 g/mol. The van der Waals surface area contributed by atoms with Crippen molar-refractivity contribution in [1.29, 1.82) is 0 Å². The van der Waals surface area contributed by atoms with Crippen LogP contribution in [0.4, 0.5) is 4.79 Å². The molecule has 3 heterocycles. The zero-order valence-electron chi connectivity index (χ0n) is 18.8. The second-order valence-electron chi connectivity index (χ2n) is 7.94. The number of carbonyl (C=O) groups excluding carboxylic acids is 1. The van der Waals surface area contributed by atoms with E-state index in [1.54, 1.807) is 27.3 Å². The lowest BCUT2D eigenvalue weighted by Crippen LogP contribution is -2.41. The van der Waals surface area contributed by atoms with Crippen LogP contribution in [0.15, 0.2) is 83.8 Å². The molecule has 1 amide bonds. The van der Waals surface area contributed by atoms with E-state index in [2.05, 4.69) is 4.98 Å². The highest BCUT2D eigenvalue weighted by molar-refractivity contribution is 5.69. The lowest BCUT2D eigenvalue weighted by atomic mass is 10.1. The van der Waals surface area contributed by atoms with Crippen molar-refractivity contribution in [3.63, 3.8) is 0 Å². The minimum absolute atomic E-state index is 0.168. The molecular formula is C26H24N4O4. The van der Waals surface area contributed by atoms with Crippen molar-refractivity contribution in [3.8, 4) is 22.8 Å². The summed E-state index contributed by atoms with van der Waals surface area (Å²) >= 11 is 0. The van der Waals surface area contributed by atoms with Gasteiger partial charge in [-0.1, -0.05) is 36.4 Å². The molecule has 172 valence electrons. The Labute approximate surface area is 196 Å². The van der Waals surface area contributed by atoms with Crippen LogP contribution in [-0.2, 0) is 24.4 Å². The molecule has 0 N–H and O–H groups in total. The second kappa shape index (κ2) is 9.27. The number of methoxy groups -OCH3 is 1. The highest BCUT2D eigenvalue weighted by atomic mass is 16.6. The Morgan fingerprint density at radius 1 is 0.971 bits per heavy atom. The monoisotopic (exact) mass is 456 g/mol. The van der Waals surface area contributed by atoms with E-state index in [0.717, 1.165) is 11.3 Å². The predicted octanol–water partition coefficient (Wildman–Crippen LogP) is 3.86. The Kier molecular flexibility index (Phi) is 5.86. The van der Waals surface area contributed by atoms with Gasteiger partial charge in [-0.05, 0) is 42.0 Å². The third-order valence-electron chi connectivity index (χ3n) is 5.88. The fourth-order valence-corrected chi connectivity index (χ4v) is 4.16. The Morgan fingerprint density at radius 3 is 2.44 bits per heavy atom. The van der Waals surface area contributed by atoms with E-state index in [1.807, 2.05) is 72.8 Å². The van der Waals surface area contributed by atoms with Gasteiger partial charge < -0.3 is 14.4 Å². The van der Waals surface area contributed by atoms with Crippen LogP contribution in [0.2, 0.25) is 0 Å². The molecule has 0 bridgehead atoms. The molecule has 0 fully saturated rings. The zero-order chi connectivity index (χ0) is 23.5. The van der Waals surface area contributed by atoms with E-state index >= 15 is 0 Å². The van der Waals surface area contributed by atoms with Crippen LogP contribution in [0.3, 0.4) is 0 Å². The Bertz CT molecular complexity index is 1350. The number of imidazole rings is 1. The number of hydrogen-bond acceptors (Lipinski definition) is 5. The van der Waals surface area contributed by atoms with Crippen LogP contribution in [0.1, 0.15) is 11.3 Å². The molecule has 34 heavy (non-hydrogen) atoms. The first kappa shape index (κ1) is 21.5. The van der Waals surface area contributed by atoms with Gasteiger partial charge in [-0.2, -0.15) is 0 Å². The summed E-state index contributed by atoms with van der Waals surface area (Å²) in [4.78, 5) is 32.5. The molecule has 0 radical (unpaired) electrons. The van der Waals surface area contributed by atoms with Gasteiger partial charge in [-0.25, -0.2) is 9.59 Å². The lowest BCUT2D eigenvalue weighted by Gasteiger charge is -2.27. The molecule has 8 heteroatoms. The summed E-state index contributed by atoms with van der Waals surface area (Å²) in [6, 6.07) is 22.4. The number of aromatic nitrogens is 3. The van der Waals surface area contributed by atoms with E-state index in [9.17, 15) is 9.59 Å². The van der Waals surface area contributed by atoms with Crippen LogP contribution in [0.5, 0.6) is 5.75 Å². The van der Waals surface area contributed by atoms with Gasteiger partial charge in [-0.15, -0.1) is 0 Å². The molecule has 1 aliphatic heterocycles. The SMILES string of the molecule is COc1ccc(-n2c(-c3ccccn3)c3n(c2=O)CCN(C(=O)OCc2ccccc2)C3)cc1. The maximum Gasteiger partial charge on any atom is 0.410 e. The summed E-state index contributed by atoms with van der Waals surface area (Å²) < 4.78 is 14.2. The molecule has 8 nitrogen and oxygen atoms in total. The van der Waals surface area contributed by atoms with Crippen molar-refractivity contribution >= 4 is 6.09 Å². The fraction of sp³-hybridized carbons (Fsp3) is 0.192. The topological polar surface area (TPSA) is 78.6 Å². The number of pyridine rings is 1. The summed E-state index contributed by atoms with van der Waals surface area (Å²) in [5, 5.41) is 0. The van der Waals surface area contributed by atoms with Crippen LogP contribution < -0.4 is 10.4 Å². The zero-order valence-corrected chi connectivity index (χ0v) is 18.8. The second-order valence-corrected chi connectivity index (χ2v) is 7.94. The third-order valence-corrected chi connectivity index (χ3v) is 5.88. The summed E-state index contributed by atoms with van der Waals surface area (Å²) in [5.41, 5.74) is 3.50. The molecule has 0 saturated carbocycles. The van der Waals surface area contributed by atoms with Crippen molar-refractivity contribution in [2.75, 3.05) is 13.7 Å². The normalized spacial score (nSPS) is 12.8. The average Bonchev–Trinajstić information content (AvgIpc) is 3.20. The first-order valence-corrected chi connectivity index (χ1v) is 11.0. The molecule has 4 aromatic rings. The van der Waals surface area contributed by atoms with Crippen molar-refractivity contribution < 1.29 is 14.3 Å². The maximum absolute atomic E-state index is 13.5. The van der Waals surface area contributed by atoms with E-state index in [-0.39, 0.29) is 18.8 Å². The van der Waals surface area contributed by atoms with Gasteiger partial charge in [0.05, 0.1) is 36.4 Å². The summed E-state index contributed by atoms with van der Waals surface area (Å²) in [6.45, 7) is 1.20. The largest absolute Gasteiger partial charge is 0.497 e. The van der Waals surface area contributed by atoms with Gasteiger partial charge in [0, 0.05) is 19.3 Å². The molecule has 2 aromatic carbocycles. The highest BCUT2D eigenvalue weighted by Gasteiger charge is 2.30. The van der Waals surface area contributed by atoms with E-state index in [1.165, 1.54) is 0 Å². The van der Waals surface area contributed by atoms with Gasteiger partial charge in [0.2, 0.25) is 0 Å². The number of amides is 1. The van der Waals surface area contributed by atoms with Gasteiger partial charge >= 0.3 is 11.8 Å². The molecule has 0 unspecified atom stereocenters. The fourth-order valence-electron chi connectivity index (χ4n) is 4.16. The van der Waals surface area contributed by atoms with Gasteiger partial charge in [-0.3, -0.25) is 14.1 Å². The van der Waals surface area contributed by atoms with Gasteiger partial charge in [0.25, 0.3) is 0 Å². The van der Waals surface area contributed by atoms with Crippen LogP contribution in [-0.4, -0.2) is 38.8 Å². The molecular weight excluding hydrogens is 432 g/mol.